The molecule has 0 aliphatic heterocycles. The van der Waals surface area contributed by atoms with Crippen LogP contribution in [0, 0.1) is 36.5 Å². The Labute approximate surface area is 163 Å². The number of carbonyl (C=O) groups excluding carboxylic acids is 1. The first-order chi connectivity index (χ1) is 13.1. The molecule has 1 aromatic carbocycles. The second-order valence-electron chi connectivity index (χ2n) is 8.69. The van der Waals surface area contributed by atoms with Gasteiger partial charge in [0.1, 0.15) is 6.10 Å². The van der Waals surface area contributed by atoms with Crippen LogP contribution in [0.25, 0.3) is 0 Å². The summed E-state index contributed by atoms with van der Waals surface area (Å²) in [6.07, 6.45) is 3.70. The van der Waals surface area contributed by atoms with E-state index in [-0.39, 0.29) is 5.92 Å². The highest BCUT2D eigenvalue weighted by Gasteiger charge is 2.60. The smallest absolute Gasteiger partial charge is 0.457 e. The molecule has 0 spiro atoms. The van der Waals surface area contributed by atoms with Crippen LogP contribution < -0.4 is 0 Å². The number of carbonyl (C=O) groups is 1. The van der Waals surface area contributed by atoms with Crippen molar-refractivity contribution >= 4 is 16.1 Å². The molecule has 154 valence electrons. The number of rotatable bonds is 5. The van der Waals surface area contributed by atoms with Crippen molar-refractivity contribution in [1.82, 2.24) is 0 Å². The van der Waals surface area contributed by atoms with Gasteiger partial charge in [0.2, 0.25) is 0 Å². The number of hydrogen-bond acceptors (Lipinski definition) is 4. The molecule has 8 heteroatoms. The monoisotopic (exact) mass is 414 g/mol. The number of halogens is 2. The van der Waals surface area contributed by atoms with E-state index < -0.39 is 27.4 Å². The number of esters is 1. The standard InChI is InChI=1S/C20H24F2O5S/c1-11-2-4-12(5-3-11)6-13-7-15-14-9-17(16(15)8-13)18(10-14)27-19(23)20(21,22)28(24,25)26/h2-5,13-18H,6-10H2,1H3,(H,24,25,26). The zero-order valence-corrected chi connectivity index (χ0v) is 16.4. The first-order valence-electron chi connectivity index (χ1n) is 9.67. The van der Waals surface area contributed by atoms with Gasteiger partial charge in [-0.05, 0) is 74.2 Å². The minimum absolute atomic E-state index is 0.000773. The quantitative estimate of drug-likeness (QED) is 0.588. The van der Waals surface area contributed by atoms with Gasteiger partial charge >= 0.3 is 21.3 Å². The first-order valence-corrected chi connectivity index (χ1v) is 11.1. The molecule has 6 unspecified atom stereocenters. The summed E-state index contributed by atoms with van der Waals surface area (Å²) in [6, 6.07) is 8.47. The van der Waals surface area contributed by atoms with Gasteiger partial charge in [-0.3, -0.25) is 4.55 Å². The lowest BCUT2D eigenvalue weighted by Gasteiger charge is -2.31. The third kappa shape index (κ3) is 3.34. The fraction of sp³-hybridized carbons (Fsp3) is 0.650. The molecular weight excluding hydrogens is 390 g/mol. The average molecular weight is 414 g/mol. The Balaban J connectivity index is 1.39. The Hall–Kier alpha value is -1.54. The van der Waals surface area contributed by atoms with Crippen LogP contribution in [-0.4, -0.2) is 30.3 Å². The summed E-state index contributed by atoms with van der Waals surface area (Å²) in [5.74, 6) is -0.465. The molecular formula is C20H24F2O5S. The third-order valence-electron chi connectivity index (χ3n) is 6.97. The van der Waals surface area contributed by atoms with Crippen LogP contribution in [0.2, 0.25) is 0 Å². The number of benzene rings is 1. The van der Waals surface area contributed by atoms with Gasteiger partial charge in [-0.15, -0.1) is 0 Å². The fourth-order valence-electron chi connectivity index (χ4n) is 5.79. The van der Waals surface area contributed by atoms with Crippen molar-refractivity contribution in [3.63, 3.8) is 0 Å². The van der Waals surface area contributed by atoms with Gasteiger partial charge in [-0.2, -0.15) is 17.2 Å². The van der Waals surface area contributed by atoms with Gasteiger partial charge in [-0.25, -0.2) is 4.79 Å². The molecule has 3 aliphatic carbocycles. The maximum atomic E-state index is 13.5. The lowest BCUT2D eigenvalue weighted by molar-refractivity contribution is -0.171. The van der Waals surface area contributed by atoms with Crippen LogP contribution in [0.4, 0.5) is 8.78 Å². The van der Waals surface area contributed by atoms with Gasteiger partial charge in [0.15, 0.2) is 0 Å². The van der Waals surface area contributed by atoms with Crippen molar-refractivity contribution in [2.24, 2.45) is 29.6 Å². The first kappa shape index (κ1) is 19.8. The second kappa shape index (κ2) is 6.76. The molecule has 2 bridgehead atoms. The Morgan fingerprint density at radius 3 is 2.39 bits per heavy atom. The van der Waals surface area contributed by atoms with E-state index in [2.05, 4.69) is 31.2 Å². The largest absolute Gasteiger partial charge is 0.465 e. The van der Waals surface area contributed by atoms with E-state index in [9.17, 15) is 22.0 Å². The van der Waals surface area contributed by atoms with Crippen LogP contribution in [0.5, 0.6) is 0 Å². The maximum Gasteiger partial charge on any atom is 0.465 e. The average Bonchev–Trinajstić information content (AvgIpc) is 3.27. The molecule has 3 fully saturated rings. The van der Waals surface area contributed by atoms with Gasteiger partial charge in [0, 0.05) is 0 Å². The molecule has 0 radical (unpaired) electrons. The van der Waals surface area contributed by atoms with E-state index >= 15 is 0 Å². The van der Waals surface area contributed by atoms with Crippen LogP contribution in [0.1, 0.15) is 36.8 Å². The van der Waals surface area contributed by atoms with E-state index in [1.807, 2.05) is 0 Å². The van der Waals surface area contributed by atoms with Crippen LogP contribution in [0.15, 0.2) is 24.3 Å². The topological polar surface area (TPSA) is 80.7 Å². The summed E-state index contributed by atoms with van der Waals surface area (Å²) in [7, 11) is -5.83. The molecule has 28 heavy (non-hydrogen) atoms. The van der Waals surface area contributed by atoms with Crippen molar-refractivity contribution in [2.45, 2.75) is 50.4 Å². The summed E-state index contributed by atoms with van der Waals surface area (Å²) in [6.45, 7) is 2.05. The molecule has 6 atom stereocenters. The Morgan fingerprint density at radius 2 is 1.75 bits per heavy atom. The minimum Gasteiger partial charge on any atom is -0.457 e. The van der Waals surface area contributed by atoms with Gasteiger partial charge in [0.25, 0.3) is 0 Å². The van der Waals surface area contributed by atoms with E-state index in [4.69, 9.17) is 9.29 Å². The van der Waals surface area contributed by atoms with Gasteiger partial charge in [0.05, 0.1) is 0 Å². The zero-order chi connectivity index (χ0) is 20.3. The summed E-state index contributed by atoms with van der Waals surface area (Å²) in [5, 5.41) is -4.92. The summed E-state index contributed by atoms with van der Waals surface area (Å²) >= 11 is 0. The highest BCUT2D eigenvalue weighted by atomic mass is 32.2. The predicted molar refractivity (Wildman–Crippen MR) is 97.2 cm³/mol. The lowest BCUT2D eigenvalue weighted by atomic mass is 9.80. The molecule has 0 aromatic heterocycles. The molecule has 0 heterocycles. The van der Waals surface area contributed by atoms with Crippen LogP contribution >= 0.6 is 0 Å². The molecule has 3 aliphatic rings. The van der Waals surface area contributed by atoms with E-state index in [0.29, 0.717) is 30.1 Å². The van der Waals surface area contributed by atoms with E-state index in [1.165, 1.54) is 11.1 Å². The molecule has 1 N–H and O–H groups in total. The molecule has 0 amide bonds. The SMILES string of the molecule is Cc1ccc(CC2CC3C4CC(OC(=O)C(F)(F)S(=O)(=O)O)C(C4)C3C2)cc1. The van der Waals surface area contributed by atoms with Crippen molar-refractivity contribution in [2.75, 3.05) is 0 Å². The Kier molecular flexibility index (Phi) is 4.77. The normalized spacial score (nSPS) is 34.4. The van der Waals surface area contributed by atoms with E-state index in [0.717, 1.165) is 25.7 Å². The number of fused-ring (bicyclic) bond motifs is 5. The lowest BCUT2D eigenvalue weighted by Crippen LogP contribution is -2.42. The Morgan fingerprint density at radius 1 is 1.11 bits per heavy atom. The van der Waals surface area contributed by atoms with Crippen molar-refractivity contribution in [3.05, 3.63) is 35.4 Å². The minimum atomic E-state index is -5.83. The summed E-state index contributed by atoms with van der Waals surface area (Å²) in [5.41, 5.74) is 2.51. The molecule has 4 rings (SSSR count). The summed E-state index contributed by atoms with van der Waals surface area (Å²) < 4.78 is 62.0. The van der Waals surface area contributed by atoms with E-state index in [1.54, 1.807) is 0 Å². The summed E-state index contributed by atoms with van der Waals surface area (Å²) in [4.78, 5) is 11.7. The fourth-order valence-corrected chi connectivity index (χ4v) is 6.05. The molecule has 3 saturated carbocycles. The number of alkyl halides is 2. The highest BCUT2D eigenvalue weighted by molar-refractivity contribution is 7.87. The van der Waals surface area contributed by atoms with Crippen LogP contribution in [0.3, 0.4) is 0 Å². The number of ether oxygens (including phenoxy) is 1. The van der Waals surface area contributed by atoms with Crippen molar-refractivity contribution in [1.29, 1.82) is 0 Å². The molecule has 5 nitrogen and oxygen atoms in total. The van der Waals surface area contributed by atoms with Gasteiger partial charge < -0.3 is 4.74 Å². The Bertz CT molecular complexity index is 867. The number of aryl methyl sites for hydroxylation is 1. The zero-order valence-electron chi connectivity index (χ0n) is 15.6. The highest BCUT2D eigenvalue weighted by Crippen LogP contribution is 2.61. The third-order valence-corrected chi connectivity index (χ3v) is 7.78. The number of hydrogen-bond donors (Lipinski definition) is 1. The second-order valence-corrected chi connectivity index (χ2v) is 10.1. The predicted octanol–water partition coefficient (Wildman–Crippen LogP) is 3.61. The maximum absolute atomic E-state index is 13.5. The van der Waals surface area contributed by atoms with Crippen molar-refractivity contribution < 1.29 is 31.3 Å². The molecule has 1 aromatic rings. The van der Waals surface area contributed by atoms with Crippen LogP contribution in [-0.2, 0) is 26.1 Å². The van der Waals surface area contributed by atoms with Gasteiger partial charge in [-0.1, -0.05) is 29.8 Å². The molecule has 0 saturated heterocycles. The van der Waals surface area contributed by atoms with Crippen molar-refractivity contribution in [3.8, 4) is 0 Å².